The fourth-order valence-corrected chi connectivity index (χ4v) is 1.17. The number of carboxylic acid groups (broad SMARTS) is 1. The van der Waals surface area contributed by atoms with Gasteiger partial charge in [0.1, 0.15) is 0 Å². The van der Waals surface area contributed by atoms with Crippen LogP contribution < -0.4 is 10.5 Å². The minimum atomic E-state index is -1.08. The van der Waals surface area contributed by atoms with Crippen molar-refractivity contribution in [2.75, 3.05) is 12.3 Å². The van der Waals surface area contributed by atoms with Gasteiger partial charge in [0, 0.05) is 0 Å². The second-order valence-corrected chi connectivity index (χ2v) is 3.65. The summed E-state index contributed by atoms with van der Waals surface area (Å²) < 4.78 is 5.35. The topological polar surface area (TPSA) is 85.4 Å². The van der Waals surface area contributed by atoms with Crippen molar-refractivity contribution in [1.82, 2.24) is 4.98 Å². The van der Waals surface area contributed by atoms with Gasteiger partial charge < -0.3 is 15.6 Å². The zero-order chi connectivity index (χ0) is 10.8. The summed E-state index contributed by atoms with van der Waals surface area (Å²) in [6, 6.07) is 2.86. The number of nitrogens with zero attached hydrogens (tertiary/aromatic N) is 1. The third-order valence-corrected chi connectivity index (χ3v) is 2.26. The minimum absolute atomic E-state index is 0.0463. The first-order valence-electron chi connectivity index (χ1n) is 4.79. The van der Waals surface area contributed by atoms with Gasteiger partial charge in [0.25, 0.3) is 0 Å². The molecule has 3 N–H and O–H groups in total. The van der Waals surface area contributed by atoms with Crippen molar-refractivity contribution in [3.63, 3.8) is 0 Å². The summed E-state index contributed by atoms with van der Waals surface area (Å²) >= 11 is 0. The Morgan fingerprint density at radius 1 is 1.60 bits per heavy atom. The standard InChI is InChI=1S/C10H12N2O3/c11-7-3-4-8(10(13)14)12-9(7)15-5-6-1-2-6/h3-4,6H,1-2,5,11H2,(H,13,14). The molecule has 0 spiro atoms. The smallest absolute Gasteiger partial charge is 0.354 e. The van der Waals surface area contributed by atoms with Crippen LogP contribution in [0.1, 0.15) is 23.3 Å². The lowest BCUT2D eigenvalue weighted by molar-refractivity contribution is 0.0689. The van der Waals surface area contributed by atoms with Crippen LogP contribution in [0.3, 0.4) is 0 Å². The highest BCUT2D eigenvalue weighted by Gasteiger charge is 2.22. The van der Waals surface area contributed by atoms with E-state index in [9.17, 15) is 4.79 Å². The van der Waals surface area contributed by atoms with Gasteiger partial charge in [-0.1, -0.05) is 0 Å². The molecule has 1 aliphatic rings. The molecule has 0 aromatic carbocycles. The Labute approximate surface area is 86.9 Å². The molecule has 15 heavy (non-hydrogen) atoms. The summed E-state index contributed by atoms with van der Waals surface area (Å²) in [5.41, 5.74) is 5.95. The third kappa shape index (κ3) is 2.37. The van der Waals surface area contributed by atoms with Crippen molar-refractivity contribution in [3.8, 4) is 5.88 Å². The minimum Gasteiger partial charge on any atom is -0.477 e. The maximum absolute atomic E-state index is 10.7. The Kier molecular flexibility index (Phi) is 2.45. The predicted molar refractivity (Wildman–Crippen MR) is 53.8 cm³/mol. The fraction of sp³-hybridized carbons (Fsp3) is 0.400. The Bertz CT molecular complexity index is 388. The number of anilines is 1. The Morgan fingerprint density at radius 2 is 2.33 bits per heavy atom. The van der Waals surface area contributed by atoms with Gasteiger partial charge in [0.05, 0.1) is 12.3 Å². The number of rotatable bonds is 4. The zero-order valence-electron chi connectivity index (χ0n) is 8.14. The quantitative estimate of drug-likeness (QED) is 0.775. The number of nitrogens with two attached hydrogens (primary N) is 1. The predicted octanol–water partition coefficient (Wildman–Crippen LogP) is 1.15. The van der Waals surface area contributed by atoms with E-state index in [2.05, 4.69) is 4.98 Å². The van der Waals surface area contributed by atoms with Gasteiger partial charge in [-0.15, -0.1) is 0 Å². The Balaban J connectivity index is 2.12. The maximum Gasteiger partial charge on any atom is 0.354 e. The number of hydrogen-bond acceptors (Lipinski definition) is 4. The monoisotopic (exact) mass is 208 g/mol. The molecule has 1 heterocycles. The van der Waals surface area contributed by atoms with Crippen LogP contribution in [0.2, 0.25) is 0 Å². The summed E-state index contributed by atoms with van der Waals surface area (Å²) in [5, 5.41) is 8.73. The van der Waals surface area contributed by atoms with Gasteiger partial charge in [-0.3, -0.25) is 0 Å². The average molecular weight is 208 g/mol. The first kappa shape index (κ1) is 9.76. The Hall–Kier alpha value is -1.78. The molecule has 1 aromatic rings. The van der Waals surface area contributed by atoms with Gasteiger partial charge in [-0.05, 0) is 30.9 Å². The number of nitrogen functional groups attached to an aromatic ring is 1. The van der Waals surface area contributed by atoms with E-state index >= 15 is 0 Å². The lowest BCUT2D eigenvalue weighted by Gasteiger charge is -2.07. The molecule has 0 atom stereocenters. The number of aromatic carboxylic acids is 1. The molecule has 0 unspecified atom stereocenters. The van der Waals surface area contributed by atoms with Crippen LogP contribution in [0.4, 0.5) is 5.69 Å². The molecule has 5 heteroatoms. The number of aromatic nitrogens is 1. The fourth-order valence-electron chi connectivity index (χ4n) is 1.17. The molecule has 80 valence electrons. The molecule has 0 aliphatic heterocycles. The molecule has 1 aromatic heterocycles. The third-order valence-electron chi connectivity index (χ3n) is 2.26. The summed E-state index contributed by atoms with van der Waals surface area (Å²) in [5.74, 6) is -0.271. The van der Waals surface area contributed by atoms with Crippen LogP contribution >= 0.6 is 0 Å². The molecule has 0 amide bonds. The molecular weight excluding hydrogens is 196 g/mol. The molecule has 1 saturated carbocycles. The van der Waals surface area contributed by atoms with E-state index in [4.69, 9.17) is 15.6 Å². The molecule has 0 radical (unpaired) electrons. The van der Waals surface area contributed by atoms with Gasteiger partial charge in [0.2, 0.25) is 5.88 Å². The van der Waals surface area contributed by atoms with Crippen LogP contribution in [-0.4, -0.2) is 22.7 Å². The normalized spacial score (nSPS) is 14.9. The number of hydrogen-bond donors (Lipinski definition) is 2. The highest BCUT2D eigenvalue weighted by Crippen LogP contribution is 2.30. The molecule has 0 bridgehead atoms. The van der Waals surface area contributed by atoms with Gasteiger partial charge in [0.15, 0.2) is 5.69 Å². The van der Waals surface area contributed by atoms with Crippen molar-refractivity contribution in [1.29, 1.82) is 0 Å². The van der Waals surface area contributed by atoms with Gasteiger partial charge in [-0.2, -0.15) is 0 Å². The van der Waals surface area contributed by atoms with Crippen molar-refractivity contribution < 1.29 is 14.6 Å². The molecular formula is C10H12N2O3. The van der Waals surface area contributed by atoms with Crippen LogP contribution in [0.15, 0.2) is 12.1 Å². The largest absolute Gasteiger partial charge is 0.477 e. The molecule has 5 nitrogen and oxygen atoms in total. The summed E-state index contributed by atoms with van der Waals surface area (Å²) in [7, 11) is 0. The van der Waals surface area contributed by atoms with Crippen LogP contribution in [0.5, 0.6) is 5.88 Å². The zero-order valence-corrected chi connectivity index (χ0v) is 8.14. The summed E-state index contributed by atoms with van der Waals surface area (Å²) in [4.78, 5) is 14.5. The van der Waals surface area contributed by atoms with Crippen molar-refractivity contribution in [2.45, 2.75) is 12.8 Å². The van der Waals surface area contributed by atoms with Gasteiger partial charge >= 0.3 is 5.97 Å². The van der Waals surface area contributed by atoms with E-state index in [0.717, 1.165) is 0 Å². The molecule has 0 saturated heterocycles. The van der Waals surface area contributed by atoms with Gasteiger partial charge in [-0.25, -0.2) is 9.78 Å². The van der Waals surface area contributed by atoms with Crippen molar-refractivity contribution >= 4 is 11.7 Å². The number of ether oxygens (including phenoxy) is 1. The molecule has 1 fully saturated rings. The van der Waals surface area contributed by atoms with E-state index in [1.54, 1.807) is 0 Å². The van der Waals surface area contributed by atoms with Crippen LogP contribution in [0.25, 0.3) is 0 Å². The average Bonchev–Trinajstić information content (AvgIpc) is 3.00. The van der Waals surface area contributed by atoms with E-state index < -0.39 is 5.97 Å². The highest BCUT2D eigenvalue weighted by molar-refractivity contribution is 5.86. The second-order valence-electron chi connectivity index (χ2n) is 3.65. The van der Waals surface area contributed by atoms with E-state index in [0.29, 0.717) is 18.2 Å². The van der Waals surface area contributed by atoms with Crippen molar-refractivity contribution in [3.05, 3.63) is 17.8 Å². The first-order chi connectivity index (χ1) is 7.16. The van der Waals surface area contributed by atoms with E-state index in [1.807, 2.05) is 0 Å². The highest BCUT2D eigenvalue weighted by atomic mass is 16.5. The Morgan fingerprint density at radius 3 is 2.93 bits per heavy atom. The summed E-state index contributed by atoms with van der Waals surface area (Å²) in [6.07, 6.45) is 2.33. The summed E-state index contributed by atoms with van der Waals surface area (Å²) in [6.45, 7) is 0.570. The number of carbonyl (C=O) groups is 1. The molecule has 1 aliphatic carbocycles. The molecule has 2 rings (SSSR count). The maximum atomic E-state index is 10.7. The van der Waals surface area contributed by atoms with E-state index in [-0.39, 0.29) is 11.6 Å². The van der Waals surface area contributed by atoms with Crippen LogP contribution in [0, 0.1) is 5.92 Å². The second kappa shape index (κ2) is 3.76. The SMILES string of the molecule is Nc1ccc(C(=O)O)nc1OCC1CC1. The lowest BCUT2D eigenvalue weighted by Crippen LogP contribution is -2.07. The van der Waals surface area contributed by atoms with E-state index in [1.165, 1.54) is 25.0 Å². The lowest BCUT2D eigenvalue weighted by atomic mass is 10.3. The van der Waals surface area contributed by atoms with Crippen molar-refractivity contribution in [2.24, 2.45) is 5.92 Å². The number of carboxylic acids is 1. The first-order valence-corrected chi connectivity index (χ1v) is 4.79. The van der Waals surface area contributed by atoms with Crippen LogP contribution in [-0.2, 0) is 0 Å². The number of pyridine rings is 1.